The Bertz CT molecular complexity index is 74.8. The van der Waals surface area contributed by atoms with E-state index in [9.17, 15) is 0 Å². The lowest BCUT2D eigenvalue weighted by molar-refractivity contribution is 0.298. The lowest BCUT2D eigenvalue weighted by Crippen LogP contribution is -2.29. The van der Waals surface area contributed by atoms with Gasteiger partial charge in [0.05, 0.1) is 0 Å². The van der Waals surface area contributed by atoms with Crippen LogP contribution in [-0.4, -0.2) is 6.04 Å². The van der Waals surface area contributed by atoms with Crippen molar-refractivity contribution >= 4 is 0 Å². The van der Waals surface area contributed by atoms with Crippen LogP contribution in [0.2, 0.25) is 0 Å². The van der Waals surface area contributed by atoms with Gasteiger partial charge in [-0.2, -0.15) is 0 Å². The molecule has 0 aliphatic rings. The van der Waals surface area contributed by atoms with E-state index in [1.807, 2.05) is 0 Å². The summed E-state index contributed by atoms with van der Waals surface area (Å²) in [6.07, 6.45) is 2.53. The van der Waals surface area contributed by atoms with E-state index >= 15 is 0 Å². The first-order valence-electron chi connectivity index (χ1n) is 4.39. The van der Waals surface area contributed by atoms with Crippen LogP contribution in [0.3, 0.4) is 0 Å². The predicted molar refractivity (Wildman–Crippen MR) is 46.9 cm³/mol. The molecule has 0 radical (unpaired) electrons. The predicted octanol–water partition coefficient (Wildman–Crippen LogP) is 2.41. The van der Waals surface area contributed by atoms with Crippen LogP contribution in [0.25, 0.3) is 0 Å². The van der Waals surface area contributed by atoms with E-state index < -0.39 is 0 Å². The second-order valence-electron chi connectivity index (χ2n) is 3.29. The molecule has 1 nitrogen and oxygen atoms in total. The molecule has 0 rings (SSSR count). The molecule has 1 heteroatoms. The molecule has 0 bridgehead atoms. The van der Waals surface area contributed by atoms with Gasteiger partial charge >= 0.3 is 0 Å². The molecule has 0 spiro atoms. The zero-order chi connectivity index (χ0) is 8.15. The van der Waals surface area contributed by atoms with Crippen LogP contribution in [0.1, 0.15) is 40.5 Å². The molecule has 0 amide bonds. The topological polar surface area (TPSA) is 26.0 Å². The fourth-order valence-electron chi connectivity index (χ4n) is 1.46. The van der Waals surface area contributed by atoms with E-state index in [0.29, 0.717) is 12.0 Å². The van der Waals surface area contributed by atoms with Crippen LogP contribution in [-0.2, 0) is 0 Å². The van der Waals surface area contributed by atoms with Crippen molar-refractivity contribution in [2.24, 2.45) is 17.6 Å². The molecule has 62 valence electrons. The number of rotatable bonds is 4. The summed E-state index contributed by atoms with van der Waals surface area (Å²) in [5, 5.41) is 0. The van der Waals surface area contributed by atoms with E-state index in [-0.39, 0.29) is 0 Å². The number of hydrogen-bond acceptors (Lipinski definition) is 1. The van der Waals surface area contributed by atoms with Gasteiger partial charge < -0.3 is 5.73 Å². The lowest BCUT2D eigenvalue weighted by atomic mass is 9.85. The molecule has 1 unspecified atom stereocenters. The maximum atomic E-state index is 5.79. The van der Waals surface area contributed by atoms with Gasteiger partial charge in [-0.25, -0.2) is 0 Å². The Morgan fingerprint density at radius 2 is 1.50 bits per heavy atom. The van der Waals surface area contributed by atoms with E-state index in [4.69, 9.17) is 5.73 Å². The first-order chi connectivity index (χ1) is 4.63. The van der Waals surface area contributed by atoms with E-state index in [0.717, 1.165) is 5.92 Å². The van der Waals surface area contributed by atoms with Crippen LogP contribution >= 0.6 is 0 Å². The maximum Gasteiger partial charge on any atom is 0.00387 e. The highest BCUT2D eigenvalue weighted by atomic mass is 14.6. The summed E-state index contributed by atoms with van der Waals surface area (Å²) in [5.41, 5.74) is 5.79. The minimum absolute atomic E-state index is 0.352. The molecule has 0 aromatic carbocycles. The highest BCUT2D eigenvalue weighted by molar-refractivity contribution is 4.70. The molecule has 2 atom stereocenters. The summed E-state index contributed by atoms with van der Waals surface area (Å²) in [6.45, 7) is 8.84. The highest BCUT2D eigenvalue weighted by Crippen LogP contribution is 2.20. The van der Waals surface area contributed by atoms with Crippen LogP contribution in [0.15, 0.2) is 0 Å². The van der Waals surface area contributed by atoms with Crippen molar-refractivity contribution in [2.45, 2.75) is 46.6 Å². The Labute approximate surface area is 65.0 Å². The third-order valence-corrected chi connectivity index (χ3v) is 2.62. The first-order valence-corrected chi connectivity index (χ1v) is 4.39. The minimum Gasteiger partial charge on any atom is -0.328 e. The van der Waals surface area contributed by atoms with Gasteiger partial charge in [-0.3, -0.25) is 0 Å². The molecular weight excluding hydrogens is 122 g/mol. The van der Waals surface area contributed by atoms with Crippen molar-refractivity contribution in [3.05, 3.63) is 0 Å². The van der Waals surface area contributed by atoms with Crippen LogP contribution in [0.4, 0.5) is 0 Å². The van der Waals surface area contributed by atoms with E-state index in [2.05, 4.69) is 27.7 Å². The summed E-state index contributed by atoms with van der Waals surface area (Å²) in [6, 6.07) is 0.352. The molecule has 0 saturated carbocycles. The van der Waals surface area contributed by atoms with Gasteiger partial charge in [-0.15, -0.1) is 0 Å². The third kappa shape index (κ3) is 2.70. The number of nitrogens with two attached hydrogens (primary N) is 1. The van der Waals surface area contributed by atoms with Gasteiger partial charge in [-0.1, -0.05) is 33.6 Å². The second-order valence-corrected chi connectivity index (χ2v) is 3.29. The standard InChI is InChI=1S/C9H21N/c1-5-9(6-2)7(3)8(4)10/h7-9H,5-6,10H2,1-4H3/t7-,8?/m1/s1. The summed E-state index contributed by atoms with van der Waals surface area (Å²) < 4.78 is 0. The average molecular weight is 143 g/mol. The molecule has 2 N–H and O–H groups in total. The zero-order valence-corrected chi connectivity index (χ0v) is 7.72. The SMILES string of the molecule is CCC(CC)[C@H](C)C(C)N. The Morgan fingerprint density at radius 3 is 1.60 bits per heavy atom. The first kappa shape index (κ1) is 9.96. The molecular formula is C9H21N. The Kier molecular flexibility index (Phi) is 4.71. The summed E-state index contributed by atoms with van der Waals surface area (Å²) in [4.78, 5) is 0. The fourth-order valence-corrected chi connectivity index (χ4v) is 1.46. The molecule has 0 heterocycles. The lowest BCUT2D eigenvalue weighted by Gasteiger charge is -2.24. The van der Waals surface area contributed by atoms with Gasteiger partial charge in [0.2, 0.25) is 0 Å². The van der Waals surface area contributed by atoms with Crippen molar-refractivity contribution in [1.82, 2.24) is 0 Å². The quantitative estimate of drug-likeness (QED) is 0.642. The molecule has 0 aliphatic carbocycles. The van der Waals surface area contributed by atoms with Crippen molar-refractivity contribution in [2.75, 3.05) is 0 Å². The van der Waals surface area contributed by atoms with Gasteiger partial charge in [0.1, 0.15) is 0 Å². The monoisotopic (exact) mass is 143 g/mol. The van der Waals surface area contributed by atoms with Gasteiger partial charge in [-0.05, 0) is 18.8 Å². The normalized spacial score (nSPS) is 17.4. The average Bonchev–Trinajstić information content (AvgIpc) is 1.90. The van der Waals surface area contributed by atoms with Gasteiger partial charge in [0, 0.05) is 6.04 Å². The largest absolute Gasteiger partial charge is 0.328 e. The van der Waals surface area contributed by atoms with E-state index in [1.165, 1.54) is 12.8 Å². The van der Waals surface area contributed by atoms with Crippen LogP contribution in [0, 0.1) is 11.8 Å². The smallest absolute Gasteiger partial charge is 0.00387 e. The Hall–Kier alpha value is -0.0400. The van der Waals surface area contributed by atoms with Gasteiger partial charge in [0.15, 0.2) is 0 Å². The molecule has 0 saturated heterocycles. The van der Waals surface area contributed by atoms with Crippen molar-refractivity contribution in [3.8, 4) is 0 Å². The Morgan fingerprint density at radius 1 is 1.10 bits per heavy atom. The van der Waals surface area contributed by atoms with Gasteiger partial charge in [0.25, 0.3) is 0 Å². The molecule has 0 fully saturated rings. The van der Waals surface area contributed by atoms with Crippen molar-refractivity contribution in [1.29, 1.82) is 0 Å². The second kappa shape index (κ2) is 4.73. The minimum atomic E-state index is 0.352. The van der Waals surface area contributed by atoms with E-state index in [1.54, 1.807) is 0 Å². The van der Waals surface area contributed by atoms with Crippen molar-refractivity contribution < 1.29 is 0 Å². The zero-order valence-electron chi connectivity index (χ0n) is 7.72. The molecule has 10 heavy (non-hydrogen) atoms. The van der Waals surface area contributed by atoms with Crippen molar-refractivity contribution in [3.63, 3.8) is 0 Å². The molecule has 0 aromatic heterocycles. The Balaban J connectivity index is 3.76. The molecule has 0 aliphatic heterocycles. The van der Waals surface area contributed by atoms with Crippen LogP contribution < -0.4 is 5.73 Å². The maximum absolute atomic E-state index is 5.79. The highest BCUT2D eigenvalue weighted by Gasteiger charge is 2.16. The number of hydrogen-bond donors (Lipinski definition) is 1. The summed E-state index contributed by atoms with van der Waals surface area (Å²) in [5.74, 6) is 1.50. The fraction of sp³-hybridized carbons (Fsp3) is 1.00. The summed E-state index contributed by atoms with van der Waals surface area (Å²) >= 11 is 0. The van der Waals surface area contributed by atoms with Crippen LogP contribution in [0.5, 0.6) is 0 Å². The summed E-state index contributed by atoms with van der Waals surface area (Å²) in [7, 11) is 0. The third-order valence-electron chi connectivity index (χ3n) is 2.62. The molecule has 0 aromatic rings.